The van der Waals surface area contributed by atoms with Gasteiger partial charge in [0.15, 0.2) is 5.82 Å². The van der Waals surface area contributed by atoms with Crippen LogP contribution < -0.4 is 0 Å². The summed E-state index contributed by atoms with van der Waals surface area (Å²) in [7, 11) is 2.05. The molecule has 0 saturated carbocycles. The van der Waals surface area contributed by atoms with Gasteiger partial charge in [-0.2, -0.15) is 4.98 Å². The van der Waals surface area contributed by atoms with Crippen molar-refractivity contribution in [1.82, 2.24) is 15.0 Å². The van der Waals surface area contributed by atoms with Crippen LogP contribution in [-0.4, -0.2) is 22.1 Å². The Balaban J connectivity index is 1.88. The molecule has 2 aromatic rings. The maximum Gasteiger partial charge on any atom is 0.240 e. The van der Waals surface area contributed by atoms with Crippen LogP contribution in [0.1, 0.15) is 30.6 Å². The molecule has 0 aliphatic rings. The van der Waals surface area contributed by atoms with Gasteiger partial charge in [-0.25, -0.2) is 0 Å². The van der Waals surface area contributed by atoms with Crippen LogP contribution in [0.5, 0.6) is 0 Å². The number of benzene rings is 1. The first-order chi connectivity index (χ1) is 8.78. The molecule has 0 bridgehead atoms. The normalized spacial score (nSPS) is 11.1. The van der Waals surface area contributed by atoms with Crippen LogP contribution >= 0.6 is 0 Å². The quantitative estimate of drug-likeness (QED) is 0.784. The standard InChI is InChI=1S/C14H19N3O/c1-3-7-13-15-14(18-16-13)11-17(2)10-12-8-5-4-6-9-12/h4-6,8-9H,3,7,10-11H2,1-2H3. The minimum absolute atomic E-state index is 0.686. The Labute approximate surface area is 108 Å². The van der Waals surface area contributed by atoms with Gasteiger partial charge < -0.3 is 4.52 Å². The monoisotopic (exact) mass is 245 g/mol. The molecule has 0 amide bonds. The Bertz CT molecular complexity index is 467. The summed E-state index contributed by atoms with van der Waals surface area (Å²) in [4.78, 5) is 6.53. The first-order valence-corrected chi connectivity index (χ1v) is 6.32. The number of aromatic nitrogens is 2. The summed E-state index contributed by atoms with van der Waals surface area (Å²) < 4.78 is 5.22. The van der Waals surface area contributed by atoms with Crippen molar-refractivity contribution in [1.29, 1.82) is 0 Å². The highest BCUT2D eigenvalue weighted by molar-refractivity contribution is 5.14. The second kappa shape index (κ2) is 6.31. The molecule has 0 spiro atoms. The van der Waals surface area contributed by atoms with Crippen molar-refractivity contribution in [2.24, 2.45) is 0 Å². The molecule has 18 heavy (non-hydrogen) atoms. The topological polar surface area (TPSA) is 42.2 Å². The summed E-state index contributed by atoms with van der Waals surface area (Å²) >= 11 is 0. The van der Waals surface area contributed by atoms with Gasteiger partial charge >= 0.3 is 0 Å². The Kier molecular flexibility index (Phi) is 4.47. The summed E-state index contributed by atoms with van der Waals surface area (Å²) in [6, 6.07) is 10.4. The van der Waals surface area contributed by atoms with E-state index in [0.717, 1.165) is 25.2 Å². The molecule has 0 N–H and O–H groups in total. The number of rotatable bonds is 6. The third-order valence-corrected chi connectivity index (χ3v) is 2.68. The predicted molar refractivity (Wildman–Crippen MR) is 69.9 cm³/mol. The predicted octanol–water partition coefficient (Wildman–Crippen LogP) is 2.65. The first-order valence-electron chi connectivity index (χ1n) is 6.32. The van der Waals surface area contributed by atoms with Gasteiger partial charge in [-0.3, -0.25) is 4.90 Å². The van der Waals surface area contributed by atoms with Crippen LogP contribution in [0.3, 0.4) is 0 Å². The van der Waals surface area contributed by atoms with Crippen molar-refractivity contribution in [3.05, 3.63) is 47.6 Å². The van der Waals surface area contributed by atoms with E-state index in [9.17, 15) is 0 Å². The summed E-state index contributed by atoms with van der Waals surface area (Å²) in [5, 5.41) is 3.95. The van der Waals surface area contributed by atoms with Crippen molar-refractivity contribution < 1.29 is 4.52 Å². The Morgan fingerprint density at radius 2 is 1.94 bits per heavy atom. The third-order valence-electron chi connectivity index (χ3n) is 2.68. The lowest BCUT2D eigenvalue weighted by atomic mass is 10.2. The van der Waals surface area contributed by atoms with E-state index in [2.05, 4.69) is 53.3 Å². The fourth-order valence-corrected chi connectivity index (χ4v) is 1.86. The van der Waals surface area contributed by atoms with E-state index in [1.807, 2.05) is 6.07 Å². The van der Waals surface area contributed by atoms with Crippen LogP contribution in [0.15, 0.2) is 34.9 Å². The van der Waals surface area contributed by atoms with Gasteiger partial charge in [0.2, 0.25) is 5.89 Å². The lowest BCUT2D eigenvalue weighted by Crippen LogP contribution is -2.17. The molecule has 2 rings (SSSR count). The summed E-state index contributed by atoms with van der Waals surface area (Å²) in [5.41, 5.74) is 1.29. The number of nitrogens with zero attached hydrogens (tertiary/aromatic N) is 3. The van der Waals surface area contributed by atoms with E-state index in [-0.39, 0.29) is 0 Å². The van der Waals surface area contributed by atoms with Gasteiger partial charge in [-0.1, -0.05) is 42.4 Å². The molecule has 0 aliphatic carbocycles. The Morgan fingerprint density at radius 3 is 2.67 bits per heavy atom. The van der Waals surface area contributed by atoms with Crippen LogP contribution in [-0.2, 0) is 19.5 Å². The molecule has 0 unspecified atom stereocenters. The fraction of sp³-hybridized carbons (Fsp3) is 0.429. The molecule has 1 aromatic carbocycles. The minimum atomic E-state index is 0.686. The molecule has 0 fully saturated rings. The molecule has 0 radical (unpaired) electrons. The average molecular weight is 245 g/mol. The fourth-order valence-electron chi connectivity index (χ4n) is 1.86. The highest BCUT2D eigenvalue weighted by Crippen LogP contribution is 2.07. The van der Waals surface area contributed by atoms with Crippen LogP contribution in [0.25, 0.3) is 0 Å². The van der Waals surface area contributed by atoms with Crippen molar-refractivity contribution >= 4 is 0 Å². The van der Waals surface area contributed by atoms with Gasteiger partial charge in [-0.15, -0.1) is 0 Å². The largest absolute Gasteiger partial charge is 0.338 e. The zero-order chi connectivity index (χ0) is 12.8. The van der Waals surface area contributed by atoms with Gasteiger partial charge in [0, 0.05) is 13.0 Å². The average Bonchev–Trinajstić information content (AvgIpc) is 2.78. The molecule has 4 nitrogen and oxygen atoms in total. The van der Waals surface area contributed by atoms with E-state index in [1.165, 1.54) is 5.56 Å². The van der Waals surface area contributed by atoms with E-state index < -0.39 is 0 Å². The second-order valence-corrected chi connectivity index (χ2v) is 4.51. The van der Waals surface area contributed by atoms with Crippen LogP contribution in [0.2, 0.25) is 0 Å². The maximum atomic E-state index is 5.22. The molecular weight excluding hydrogens is 226 g/mol. The Hall–Kier alpha value is -1.68. The molecule has 0 aliphatic heterocycles. The van der Waals surface area contributed by atoms with Crippen molar-refractivity contribution in [2.75, 3.05) is 7.05 Å². The molecular formula is C14H19N3O. The van der Waals surface area contributed by atoms with Gasteiger partial charge in [0.05, 0.1) is 6.54 Å². The van der Waals surface area contributed by atoms with Crippen LogP contribution in [0, 0.1) is 0 Å². The van der Waals surface area contributed by atoms with E-state index in [0.29, 0.717) is 12.4 Å². The van der Waals surface area contributed by atoms with Gasteiger partial charge in [-0.05, 0) is 19.0 Å². The van der Waals surface area contributed by atoms with Crippen LogP contribution in [0.4, 0.5) is 0 Å². The zero-order valence-electron chi connectivity index (χ0n) is 11.0. The van der Waals surface area contributed by atoms with Crippen molar-refractivity contribution in [2.45, 2.75) is 32.9 Å². The first kappa shape index (κ1) is 12.8. The highest BCUT2D eigenvalue weighted by atomic mass is 16.5. The summed E-state index contributed by atoms with van der Waals surface area (Å²) in [6.07, 6.45) is 1.92. The molecule has 1 aromatic heterocycles. The molecule has 4 heteroatoms. The lowest BCUT2D eigenvalue weighted by molar-refractivity contribution is 0.260. The molecule has 0 atom stereocenters. The summed E-state index contributed by atoms with van der Waals surface area (Å²) in [6.45, 7) is 3.68. The summed E-state index contributed by atoms with van der Waals surface area (Å²) in [5.74, 6) is 1.50. The van der Waals surface area contributed by atoms with Crippen molar-refractivity contribution in [3.63, 3.8) is 0 Å². The lowest BCUT2D eigenvalue weighted by Gasteiger charge is -2.13. The molecule has 0 saturated heterocycles. The zero-order valence-corrected chi connectivity index (χ0v) is 11.0. The number of hydrogen-bond donors (Lipinski definition) is 0. The number of hydrogen-bond acceptors (Lipinski definition) is 4. The van der Waals surface area contributed by atoms with E-state index in [1.54, 1.807) is 0 Å². The van der Waals surface area contributed by atoms with E-state index in [4.69, 9.17) is 4.52 Å². The van der Waals surface area contributed by atoms with Gasteiger partial charge in [0.25, 0.3) is 0 Å². The van der Waals surface area contributed by atoms with E-state index >= 15 is 0 Å². The Morgan fingerprint density at radius 1 is 1.17 bits per heavy atom. The minimum Gasteiger partial charge on any atom is -0.338 e. The number of aryl methyl sites for hydroxylation is 1. The SMILES string of the molecule is CCCc1noc(CN(C)Cc2ccccc2)n1. The third kappa shape index (κ3) is 3.67. The second-order valence-electron chi connectivity index (χ2n) is 4.51. The maximum absolute atomic E-state index is 5.22. The molecule has 96 valence electrons. The molecule has 1 heterocycles. The van der Waals surface area contributed by atoms with Crippen molar-refractivity contribution in [3.8, 4) is 0 Å². The highest BCUT2D eigenvalue weighted by Gasteiger charge is 2.08. The van der Waals surface area contributed by atoms with Gasteiger partial charge in [0.1, 0.15) is 0 Å². The smallest absolute Gasteiger partial charge is 0.240 e.